The molecular formula is C33H36O11. The molecule has 11 nitrogen and oxygen atoms in total. The molecule has 1 N–H and O–H groups in total. The zero-order valence-electron chi connectivity index (χ0n) is 25.1. The first-order chi connectivity index (χ1) is 21.2. The third-order valence-corrected chi connectivity index (χ3v) is 6.82. The molecule has 0 aromatic heterocycles. The minimum absolute atomic E-state index is 0.107. The molecule has 0 amide bonds. The number of hydrogen-bond acceptors (Lipinski definition) is 10. The van der Waals surface area contributed by atoms with Gasteiger partial charge < -0.3 is 33.5 Å². The first-order valence-electron chi connectivity index (χ1n) is 13.9. The zero-order valence-corrected chi connectivity index (χ0v) is 25.1. The number of methoxy groups -OCH3 is 2. The second kappa shape index (κ2) is 15.5. The lowest BCUT2D eigenvalue weighted by molar-refractivity contribution is -0.187. The van der Waals surface area contributed by atoms with Gasteiger partial charge in [0.05, 0.1) is 34.0 Å². The maximum Gasteiger partial charge on any atom is 0.329 e. The molecular weight excluding hydrogens is 572 g/mol. The van der Waals surface area contributed by atoms with Crippen LogP contribution in [-0.4, -0.2) is 69.6 Å². The third-order valence-electron chi connectivity index (χ3n) is 6.82. The lowest BCUT2D eigenvalue weighted by atomic mass is 9.79. The molecule has 3 aromatic rings. The van der Waals surface area contributed by atoms with E-state index in [1.807, 2.05) is 30.3 Å². The highest BCUT2D eigenvalue weighted by molar-refractivity contribution is 6.01. The van der Waals surface area contributed by atoms with Crippen LogP contribution in [0.15, 0.2) is 78.9 Å². The summed E-state index contributed by atoms with van der Waals surface area (Å²) in [5, 5.41) is 9.04. The van der Waals surface area contributed by atoms with Crippen LogP contribution in [-0.2, 0) is 43.7 Å². The van der Waals surface area contributed by atoms with Gasteiger partial charge in [0, 0.05) is 0 Å². The average Bonchev–Trinajstić information content (AvgIpc) is 3.03. The molecule has 234 valence electrons. The van der Waals surface area contributed by atoms with Crippen LogP contribution < -0.4 is 9.47 Å². The van der Waals surface area contributed by atoms with Gasteiger partial charge in [-0.25, -0.2) is 0 Å². The normalized spacial score (nSPS) is 11.3. The van der Waals surface area contributed by atoms with Crippen LogP contribution in [0.25, 0.3) is 0 Å². The lowest BCUT2D eigenvalue weighted by Gasteiger charge is -2.39. The van der Waals surface area contributed by atoms with Crippen LogP contribution in [0.1, 0.15) is 37.0 Å². The number of hydrogen-bond donors (Lipinski definition) is 1. The Kier molecular flexibility index (Phi) is 11.9. The Hall–Kier alpha value is -4.90. The Bertz CT molecular complexity index is 1330. The van der Waals surface area contributed by atoms with Gasteiger partial charge >= 0.3 is 23.9 Å². The molecule has 3 aromatic carbocycles. The minimum atomic E-state index is -2.31. The van der Waals surface area contributed by atoms with Gasteiger partial charge in [0.15, 0.2) is 0 Å². The SMILES string of the molecule is CCOC(=O)C(COC(=O)CC(=O)O)(COC(c1ccccc1)(c1ccc(OC)cc1)c1ccc(OC)cc1)C(=O)OCC. The summed E-state index contributed by atoms with van der Waals surface area (Å²) in [4.78, 5) is 50.5. The van der Waals surface area contributed by atoms with Gasteiger partial charge in [0.1, 0.15) is 30.1 Å². The molecule has 0 fully saturated rings. The molecule has 0 radical (unpaired) electrons. The van der Waals surface area contributed by atoms with E-state index in [9.17, 15) is 19.2 Å². The second-order valence-electron chi connectivity index (χ2n) is 9.55. The van der Waals surface area contributed by atoms with Crippen molar-refractivity contribution in [2.45, 2.75) is 25.9 Å². The predicted molar refractivity (Wildman–Crippen MR) is 157 cm³/mol. The molecule has 11 heteroatoms. The Morgan fingerprint density at radius 3 is 1.50 bits per heavy atom. The number of benzene rings is 3. The summed E-state index contributed by atoms with van der Waals surface area (Å²) >= 11 is 0. The number of carboxylic acids is 1. The van der Waals surface area contributed by atoms with E-state index in [0.717, 1.165) is 0 Å². The standard InChI is InChI=1S/C33H36O11/c1-5-41-30(37)32(31(38)42-6-2,21-43-29(36)20-28(34)35)22-44-33(23-10-8-7-9-11-23,24-12-16-26(39-3)17-13-24)25-14-18-27(40-4)19-15-25/h7-19H,5-6,20-22H2,1-4H3,(H,34,35). The highest BCUT2D eigenvalue weighted by atomic mass is 16.6. The number of aliphatic carboxylic acids is 1. The third kappa shape index (κ3) is 7.54. The van der Waals surface area contributed by atoms with E-state index in [1.165, 1.54) is 14.2 Å². The summed E-state index contributed by atoms with van der Waals surface area (Å²) in [6.45, 7) is 1.32. The van der Waals surface area contributed by atoms with Crippen molar-refractivity contribution < 1.29 is 52.7 Å². The maximum absolute atomic E-state index is 13.6. The van der Waals surface area contributed by atoms with Crippen LogP contribution in [0.5, 0.6) is 11.5 Å². The van der Waals surface area contributed by atoms with Crippen molar-refractivity contribution in [1.82, 2.24) is 0 Å². The summed E-state index contributed by atoms with van der Waals surface area (Å²) in [7, 11) is 3.08. The minimum Gasteiger partial charge on any atom is -0.497 e. The topological polar surface area (TPSA) is 144 Å². The number of rotatable bonds is 16. The van der Waals surface area contributed by atoms with Crippen molar-refractivity contribution in [3.63, 3.8) is 0 Å². The molecule has 0 aliphatic heterocycles. The van der Waals surface area contributed by atoms with E-state index < -0.39 is 54.5 Å². The average molecular weight is 609 g/mol. The fourth-order valence-electron chi connectivity index (χ4n) is 4.58. The van der Waals surface area contributed by atoms with Gasteiger partial charge in [-0.15, -0.1) is 0 Å². The van der Waals surface area contributed by atoms with E-state index in [4.69, 9.17) is 33.5 Å². The number of carboxylic acid groups (broad SMARTS) is 1. The quantitative estimate of drug-likeness (QED) is 0.108. The Morgan fingerprint density at radius 1 is 0.636 bits per heavy atom. The fourth-order valence-corrected chi connectivity index (χ4v) is 4.58. The molecule has 0 unspecified atom stereocenters. The van der Waals surface area contributed by atoms with Gasteiger partial charge in [-0.3, -0.25) is 19.2 Å². The molecule has 0 bridgehead atoms. The largest absolute Gasteiger partial charge is 0.497 e. The Balaban J connectivity index is 2.26. The molecule has 0 saturated heterocycles. The second-order valence-corrected chi connectivity index (χ2v) is 9.55. The smallest absolute Gasteiger partial charge is 0.329 e. The highest BCUT2D eigenvalue weighted by Gasteiger charge is 2.53. The maximum atomic E-state index is 13.6. The van der Waals surface area contributed by atoms with Crippen molar-refractivity contribution in [1.29, 1.82) is 0 Å². The van der Waals surface area contributed by atoms with Crippen molar-refractivity contribution in [2.75, 3.05) is 40.6 Å². The van der Waals surface area contributed by atoms with E-state index in [2.05, 4.69) is 0 Å². The molecule has 0 spiro atoms. The van der Waals surface area contributed by atoms with Crippen LogP contribution in [0.4, 0.5) is 0 Å². The summed E-state index contributed by atoms with van der Waals surface area (Å²) < 4.78 is 33.2. The summed E-state index contributed by atoms with van der Waals surface area (Å²) in [6.07, 6.45) is -0.978. The van der Waals surface area contributed by atoms with Crippen LogP contribution >= 0.6 is 0 Å². The number of carbonyl (C=O) groups excluding carboxylic acids is 3. The van der Waals surface area contributed by atoms with E-state index in [-0.39, 0.29) is 13.2 Å². The van der Waals surface area contributed by atoms with Gasteiger partial charge in [-0.2, -0.15) is 0 Å². The highest BCUT2D eigenvalue weighted by Crippen LogP contribution is 2.43. The van der Waals surface area contributed by atoms with Gasteiger partial charge in [0.25, 0.3) is 0 Å². The van der Waals surface area contributed by atoms with Gasteiger partial charge in [-0.05, 0) is 54.8 Å². The molecule has 0 heterocycles. The first-order valence-corrected chi connectivity index (χ1v) is 13.9. The zero-order chi connectivity index (χ0) is 32.2. The molecule has 0 aliphatic carbocycles. The fraction of sp³-hybridized carbons (Fsp3) is 0.333. The predicted octanol–water partition coefficient (Wildman–Crippen LogP) is 4.14. The number of carbonyl (C=O) groups is 4. The lowest BCUT2D eigenvalue weighted by Crippen LogP contribution is -2.51. The molecule has 3 rings (SSSR count). The molecule has 44 heavy (non-hydrogen) atoms. The monoisotopic (exact) mass is 608 g/mol. The number of esters is 3. The number of ether oxygens (including phenoxy) is 6. The van der Waals surface area contributed by atoms with Gasteiger partial charge in [-0.1, -0.05) is 54.6 Å². The van der Waals surface area contributed by atoms with Gasteiger partial charge in [0.2, 0.25) is 5.41 Å². The van der Waals surface area contributed by atoms with Crippen molar-refractivity contribution in [2.24, 2.45) is 5.41 Å². The van der Waals surface area contributed by atoms with Crippen molar-refractivity contribution >= 4 is 23.9 Å². The molecule has 0 aliphatic rings. The van der Waals surface area contributed by atoms with Crippen molar-refractivity contribution in [3.8, 4) is 11.5 Å². The van der Waals surface area contributed by atoms with Crippen LogP contribution in [0, 0.1) is 5.41 Å². The van der Waals surface area contributed by atoms with Crippen LogP contribution in [0.3, 0.4) is 0 Å². The Morgan fingerprint density at radius 2 is 1.09 bits per heavy atom. The van der Waals surface area contributed by atoms with E-state index >= 15 is 0 Å². The first kappa shape index (κ1) is 33.6. The molecule has 0 saturated carbocycles. The summed E-state index contributed by atoms with van der Waals surface area (Å²) in [5.41, 5.74) is -1.90. The van der Waals surface area contributed by atoms with E-state index in [0.29, 0.717) is 28.2 Å². The van der Waals surface area contributed by atoms with E-state index in [1.54, 1.807) is 62.4 Å². The summed E-state index contributed by atoms with van der Waals surface area (Å²) in [6, 6.07) is 23.3. The van der Waals surface area contributed by atoms with Crippen molar-refractivity contribution in [3.05, 3.63) is 95.6 Å². The molecule has 0 atom stereocenters. The van der Waals surface area contributed by atoms with Crippen LogP contribution in [0.2, 0.25) is 0 Å². The Labute approximate surface area is 255 Å². The summed E-state index contributed by atoms with van der Waals surface area (Å²) in [5.74, 6) is -3.55.